The predicted octanol–water partition coefficient (Wildman–Crippen LogP) is 11.5. The van der Waals surface area contributed by atoms with Gasteiger partial charge in [-0.1, -0.05) is 50.0 Å². The molecule has 0 heterocycles. The van der Waals surface area contributed by atoms with Crippen LogP contribution in [-0.4, -0.2) is 14.9 Å². The maximum absolute atomic E-state index is 6.87. The molecule has 6 aliphatic carbocycles. The Bertz CT molecular complexity index is 987. The van der Waals surface area contributed by atoms with Crippen LogP contribution in [0.4, 0.5) is 0 Å². The van der Waals surface area contributed by atoms with Crippen molar-refractivity contribution in [2.45, 2.75) is 161 Å². The molecule has 0 aromatic carbocycles. The molecule has 39 heavy (non-hydrogen) atoms. The van der Waals surface area contributed by atoms with Crippen molar-refractivity contribution in [3.05, 3.63) is 44.6 Å². The van der Waals surface area contributed by atoms with Crippen LogP contribution in [0.2, 0.25) is 18.1 Å². The highest BCUT2D eigenvalue weighted by Gasteiger charge is 2.49. The first kappa shape index (κ1) is 28.3. The van der Waals surface area contributed by atoms with E-state index in [0.717, 1.165) is 18.4 Å². The van der Waals surface area contributed by atoms with E-state index in [-0.39, 0.29) is 0 Å². The van der Waals surface area contributed by atoms with Gasteiger partial charge in [-0.2, -0.15) is 0 Å². The topological polar surface area (TPSA) is 9.23 Å². The van der Waals surface area contributed by atoms with Crippen LogP contribution in [0.3, 0.4) is 0 Å². The standard InChI is InChI=1S/C37H58OSi/c1-5-39(6-2,7-3)38-24-14-23-37(4,35-21-12-19-31-29-17-10-8-15-27(29)25-33(31)35)36-22-13-20-32-30-18-11-9-16-28(30)26-34(32)36/h35-36H,5-26H2,1-4H3. The molecule has 0 radical (unpaired) electrons. The van der Waals surface area contributed by atoms with Crippen LogP contribution < -0.4 is 0 Å². The lowest BCUT2D eigenvalue weighted by Gasteiger charge is -2.49. The molecule has 6 aliphatic rings. The zero-order chi connectivity index (χ0) is 27.0. The van der Waals surface area contributed by atoms with Crippen molar-refractivity contribution in [2.75, 3.05) is 6.61 Å². The van der Waals surface area contributed by atoms with E-state index in [1.54, 1.807) is 0 Å². The highest BCUT2D eigenvalue weighted by Crippen LogP contribution is 2.61. The molecule has 0 aliphatic heterocycles. The van der Waals surface area contributed by atoms with Crippen LogP contribution in [0.25, 0.3) is 0 Å². The molecule has 0 spiro atoms. The first-order valence-corrected chi connectivity index (χ1v) is 20.1. The van der Waals surface area contributed by atoms with Gasteiger partial charge >= 0.3 is 0 Å². The molecule has 6 rings (SSSR count). The maximum Gasteiger partial charge on any atom is 0.191 e. The van der Waals surface area contributed by atoms with Crippen LogP contribution in [-0.2, 0) is 4.43 Å². The molecule has 0 saturated carbocycles. The molecule has 0 amide bonds. The lowest BCUT2D eigenvalue weighted by Crippen LogP contribution is -2.41. The quantitative estimate of drug-likeness (QED) is 0.195. The molecule has 2 atom stereocenters. The fourth-order valence-electron chi connectivity index (χ4n) is 10.6. The van der Waals surface area contributed by atoms with Crippen molar-refractivity contribution in [3.63, 3.8) is 0 Å². The summed E-state index contributed by atoms with van der Waals surface area (Å²) in [6.45, 7) is 11.0. The van der Waals surface area contributed by atoms with Gasteiger partial charge in [0.15, 0.2) is 8.32 Å². The molecule has 0 fully saturated rings. The summed E-state index contributed by atoms with van der Waals surface area (Å²) in [5.74, 6) is 1.60. The van der Waals surface area contributed by atoms with Crippen molar-refractivity contribution >= 4 is 8.32 Å². The Balaban J connectivity index is 1.30. The first-order valence-electron chi connectivity index (χ1n) is 17.5. The number of rotatable bonds is 10. The van der Waals surface area contributed by atoms with E-state index in [9.17, 15) is 0 Å². The Morgan fingerprint density at radius 2 is 1.10 bits per heavy atom. The summed E-state index contributed by atoms with van der Waals surface area (Å²) in [4.78, 5) is 0. The number of hydrogen-bond acceptors (Lipinski definition) is 1. The van der Waals surface area contributed by atoms with E-state index in [0.29, 0.717) is 5.41 Å². The summed E-state index contributed by atoms with van der Waals surface area (Å²) >= 11 is 0. The summed E-state index contributed by atoms with van der Waals surface area (Å²) < 4.78 is 6.87. The fourth-order valence-corrected chi connectivity index (χ4v) is 13.3. The normalized spacial score (nSPS) is 28.9. The van der Waals surface area contributed by atoms with Crippen LogP contribution in [0.1, 0.15) is 143 Å². The Morgan fingerprint density at radius 3 is 1.59 bits per heavy atom. The average Bonchev–Trinajstić information content (AvgIpc) is 3.56. The SMILES string of the molecule is CC[Si](CC)(CC)OCCCC(C)(C1CCCC2=C1CC1=C2CCCC1)C1CCCC2=C1CC1=C2CCCC1. The minimum Gasteiger partial charge on any atom is -0.417 e. The van der Waals surface area contributed by atoms with Crippen LogP contribution in [0.5, 0.6) is 0 Å². The molecule has 0 bridgehead atoms. The van der Waals surface area contributed by atoms with Crippen molar-refractivity contribution in [3.8, 4) is 0 Å². The van der Waals surface area contributed by atoms with Gasteiger partial charge in [-0.25, -0.2) is 0 Å². The average molecular weight is 547 g/mol. The second-order valence-electron chi connectivity index (χ2n) is 14.5. The van der Waals surface area contributed by atoms with Crippen LogP contribution in [0, 0.1) is 17.3 Å². The molecule has 0 aromatic heterocycles. The predicted molar refractivity (Wildman–Crippen MR) is 169 cm³/mol. The third kappa shape index (κ3) is 5.07. The second-order valence-corrected chi connectivity index (χ2v) is 19.3. The third-order valence-electron chi connectivity index (χ3n) is 12.9. The molecule has 2 unspecified atom stereocenters. The first-order chi connectivity index (χ1) is 19.0. The van der Waals surface area contributed by atoms with E-state index in [4.69, 9.17) is 4.43 Å². The summed E-state index contributed by atoms with van der Waals surface area (Å²) in [6.07, 6.45) is 25.2. The van der Waals surface area contributed by atoms with E-state index in [1.165, 1.54) is 134 Å². The van der Waals surface area contributed by atoms with Crippen molar-refractivity contribution in [1.82, 2.24) is 0 Å². The molecule has 0 N–H and O–H groups in total. The monoisotopic (exact) mass is 546 g/mol. The fraction of sp³-hybridized carbons (Fsp3) is 0.784. The van der Waals surface area contributed by atoms with E-state index in [1.807, 2.05) is 44.6 Å². The van der Waals surface area contributed by atoms with Gasteiger partial charge in [-0.05, 0) is 173 Å². The minimum atomic E-state index is -1.51. The Hall–Kier alpha value is -0.863. The van der Waals surface area contributed by atoms with E-state index >= 15 is 0 Å². The van der Waals surface area contributed by atoms with Crippen molar-refractivity contribution < 1.29 is 4.43 Å². The van der Waals surface area contributed by atoms with Gasteiger partial charge in [-0.3, -0.25) is 0 Å². The van der Waals surface area contributed by atoms with Crippen LogP contribution >= 0.6 is 0 Å². The number of fused-ring (bicyclic) bond motifs is 2. The lowest BCUT2D eigenvalue weighted by atomic mass is 9.55. The van der Waals surface area contributed by atoms with Gasteiger partial charge < -0.3 is 4.43 Å². The minimum absolute atomic E-state index is 0.392. The van der Waals surface area contributed by atoms with E-state index in [2.05, 4.69) is 27.7 Å². The lowest BCUT2D eigenvalue weighted by molar-refractivity contribution is 0.0858. The number of hydrogen-bond donors (Lipinski definition) is 0. The summed E-state index contributed by atoms with van der Waals surface area (Å²) in [6, 6.07) is 3.84. The van der Waals surface area contributed by atoms with Gasteiger partial charge in [0.05, 0.1) is 0 Å². The van der Waals surface area contributed by atoms with Crippen molar-refractivity contribution in [1.29, 1.82) is 0 Å². The van der Waals surface area contributed by atoms with Gasteiger partial charge in [-0.15, -0.1) is 0 Å². The molecule has 2 heteroatoms. The highest BCUT2D eigenvalue weighted by atomic mass is 28.4. The zero-order valence-corrected chi connectivity index (χ0v) is 27.1. The Morgan fingerprint density at radius 1 is 0.641 bits per heavy atom. The van der Waals surface area contributed by atoms with Gasteiger partial charge in [0, 0.05) is 6.61 Å². The molecule has 216 valence electrons. The Kier molecular flexibility index (Phi) is 8.54. The van der Waals surface area contributed by atoms with Gasteiger partial charge in [0.1, 0.15) is 0 Å². The number of allylic oxidation sites excluding steroid dienone is 8. The second kappa shape index (κ2) is 11.8. The van der Waals surface area contributed by atoms with Crippen molar-refractivity contribution in [2.24, 2.45) is 17.3 Å². The summed E-state index contributed by atoms with van der Waals surface area (Å²) in [5.41, 5.74) is 15.5. The molecule has 0 saturated heterocycles. The third-order valence-corrected chi connectivity index (χ3v) is 17.6. The molecule has 0 aromatic rings. The molecular weight excluding hydrogens is 488 g/mol. The Labute approximate surface area is 242 Å². The highest BCUT2D eigenvalue weighted by molar-refractivity contribution is 6.73. The largest absolute Gasteiger partial charge is 0.417 e. The summed E-state index contributed by atoms with van der Waals surface area (Å²) in [5, 5.41) is 0. The zero-order valence-electron chi connectivity index (χ0n) is 26.1. The smallest absolute Gasteiger partial charge is 0.191 e. The van der Waals surface area contributed by atoms with Crippen LogP contribution in [0.15, 0.2) is 44.6 Å². The molecule has 1 nitrogen and oxygen atoms in total. The summed E-state index contributed by atoms with van der Waals surface area (Å²) in [7, 11) is -1.51. The molecular formula is C37H58OSi. The van der Waals surface area contributed by atoms with E-state index < -0.39 is 8.32 Å². The van der Waals surface area contributed by atoms with Gasteiger partial charge in [0.25, 0.3) is 0 Å². The maximum atomic E-state index is 6.87. The van der Waals surface area contributed by atoms with Gasteiger partial charge in [0.2, 0.25) is 0 Å².